The molecule has 0 radical (unpaired) electrons. The zero-order valence-electron chi connectivity index (χ0n) is 30.5. The van der Waals surface area contributed by atoms with E-state index >= 15 is 0 Å². The smallest absolute Gasteiger partial charge is 0.220 e. The molecule has 53 heavy (non-hydrogen) atoms. The van der Waals surface area contributed by atoms with E-state index in [1.165, 1.54) is 5.56 Å². The summed E-state index contributed by atoms with van der Waals surface area (Å²) in [5, 5.41) is 7.77. The van der Waals surface area contributed by atoms with Gasteiger partial charge in [-0.05, 0) is 49.4 Å². The maximum atomic E-state index is 11.7. The molecule has 2 amide bonds. The average Bonchev–Trinajstić information content (AvgIpc) is 3.73. The SMILES string of the molecule is COc1nc(-c2cccc(-c3cccc(-c4cc5c(c(OC)n4)C(NCC4CCC(=O)N4)CC5)c3Cl)c2Cl)cc(C)c1CN1CC2(C1)CN(C(C)=O)C2. The van der Waals surface area contributed by atoms with Crippen molar-refractivity contribution in [1.82, 2.24) is 30.4 Å². The second-order valence-corrected chi connectivity index (χ2v) is 15.8. The van der Waals surface area contributed by atoms with Crippen LogP contribution in [0.1, 0.15) is 54.5 Å². The summed E-state index contributed by atoms with van der Waals surface area (Å²) in [5.74, 6) is 1.43. The number of pyridine rings is 2. The molecule has 4 aliphatic rings. The minimum Gasteiger partial charge on any atom is -0.481 e. The minimum atomic E-state index is 0.0996. The van der Waals surface area contributed by atoms with Crippen LogP contribution in [0.2, 0.25) is 10.0 Å². The van der Waals surface area contributed by atoms with Crippen LogP contribution in [0.25, 0.3) is 33.6 Å². The van der Waals surface area contributed by atoms with Gasteiger partial charge in [0.25, 0.3) is 0 Å². The van der Waals surface area contributed by atoms with E-state index in [0.717, 1.165) is 102 Å². The van der Waals surface area contributed by atoms with Gasteiger partial charge in [-0.15, -0.1) is 0 Å². The summed E-state index contributed by atoms with van der Waals surface area (Å²) in [5.41, 5.74) is 9.23. The molecule has 2 N–H and O–H groups in total. The Morgan fingerprint density at radius 3 is 2.13 bits per heavy atom. The van der Waals surface area contributed by atoms with E-state index in [9.17, 15) is 9.59 Å². The number of nitrogens with zero attached hydrogens (tertiary/aromatic N) is 4. The molecule has 3 saturated heterocycles. The van der Waals surface area contributed by atoms with Crippen LogP contribution in [-0.2, 0) is 22.6 Å². The van der Waals surface area contributed by atoms with Crippen LogP contribution in [0, 0.1) is 12.3 Å². The topological polar surface area (TPSA) is 109 Å². The van der Waals surface area contributed by atoms with Crippen LogP contribution in [0.5, 0.6) is 11.8 Å². The lowest BCUT2D eigenvalue weighted by Gasteiger charge is -2.60. The lowest BCUT2D eigenvalue weighted by molar-refractivity contribution is -0.157. The number of hydrogen-bond acceptors (Lipinski definition) is 8. The molecule has 4 aromatic rings. The normalized spacial score (nSPS) is 20.2. The van der Waals surface area contributed by atoms with Crippen molar-refractivity contribution in [3.05, 3.63) is 80.8 Å². The Balaban J connectivity index is 1.04. The lowest BCUT2D eigenvalue weighted by Crippen LogP contribution is -2.72. The number of carbonyl (C=O) groups excluding carboxylic acids is 2. The van der Waals surface area contributed by atoms with Crippen LogP contribution >= 0.6 is 23.2 Å². The number of ether oxygens (including phenoxy) is 2. The van der Waals surface area contributed by atoms with Crippen molar-refractivity contribution < 1.29 is 19.1 Å². The van der Waals surface area contributed by atoms with Gasteiger partial charge in [-0.1, -0.05) is 59.6 Å². The largest absolute Gasteiger partial charge is 0.481 e. The van der Waals surface area contributed by atoms with Crippen LogP contribution in [-0.4, -0.2) is 84.6 Å². The molecule has 1 aliphatic carbocycles. The molecule has 5 heterocycles. The molecule has 3 fully saturated rings. The first-order chi connectivity index (χ1) is 25.6. The molecule has 3 aliphatic heterocycles. The lowest BCUT2D eigenvalue weighted by atomic mass is 9.72. The van der Waals surface area contributed by atoms with Crippen LogP contribution in [0.3, 0.4) is 0 Å². The highest BCUT2D eigenvalue weighted by Gasteiger charge is 2.52. The quantitative estimate of drug-likeness (QED) is 0.186. The molecule has 0 bridgehead atoms. The number of hydrogen-bond donors (Lipinski definition) is 2. The van der Waals surface area contributed by atoms with Crippen molar-refractivity contribution in [3.8, 4) is 45.4 Å². The summed E-state index contributed by atoms with van der Waals surface area (Å²) in [6.45, 7) is 8.77. The van der Waals surface area contributed by atoms with E-state index < -0.39 is 0 Å². The van der Waals surface area contributed by atoms with Crippen molar-refractivity contribution in [2.24, 2.45) is 5.41 Å². The Hall–Kier alpha value is -4.22. The molecular weight excluding hydrogens is 711 g/mol. The highest BCUT2D eigenvalue weighted by Crippen LogP contribution is 2.45. The number of aromatic nitrogens is 2. The van der Waals surface area contributed by atoms with E-state index in [1.807, 2.05) is 41.3 Å². The summed E-state index contributed by atoms with van der Waals surface area (Å²) >= 11 is 14.5. The van der Waals surface area contributed by atoms with E-state index in [1.54, 1.807) is 21.1 Å². The van der Waals surface area contributed by atoms with Gasteiger partial charge in [-0.25, -0.2) is 9.97 Å². The highest BCUT2D eigenvalue weighted by molar-refractivity contribution is 6.39. The third-order valence-electron chi connectivity index (χ3n) is 11.4. The van der Waals surface area contributed by atoms with Gasteiger partial charge >= 0.3 is 0 Å². The first kappa shape index (κ1) is 35.8. The average molecular weight is 756 g/mol. The third kappa shape index (κ3) is 6.64. The monoisotopic (exact) mass is 754 g/mol. The number of rotatable bonds is 10. The molecule has 2 unspecified atom stereocenters. The molecule has 0 saturated carbocycles. The summed E-state index contributed by atoms with van der Waals surface area (Å²) in [4.78, 5) is 37.6. The highest BCUT2D eigenvalue weighted by atomic mass is 35.5. The van der Waals surface area contributed by atoms with E-state index in [-0.39, 0.29) is 29.3 Å². The number of fused-ring (bicyclic) bond motifs is 1. The molecule has 12 heteroatoms. The molecule has 10 nitrogen and oxygen atoms in total. The summed E-state index contributed by atoms with van der Waals surface area (Å²) in [6.07, 6.45) is 3.24. The zero-order chi connectivity index (χ0) is 37.0. The van der Waals surface area contributed by atoms with Gasteiger partial charge < -0.3 is 25.0 Å². The maximum absolute atomic E-state index is 11.7. The number of likely N-dealkylation sites (tertiary alicyclic amines) is 2. The second kappa shape index (κ2) is 14.2. The number of methoxy groups -OCH3 is 2. The predicted molar refractivity (Wildman–Crippen MR) is 206 cm³/mol. The van der Waals surface area contributed by atoms with Crippen LogP contribution < -0.4 is 20.1 Å². The fourth-order valence-electron chi connectivity index (χ4n) is 8.69. The van der Waals surface area contributed by atoms with Gasteiger partial charge in [0.05, 0.1) is 35.7 Å². The zero-order valence-corrected chi connectivity index (χ0v) is 32.0. The van der Waals surface area contributed by atoms with Gasteiger partial charge in [0.2, 0.25) is 23.6 Å². The predicted octanol–water partition coefficient (Wildman–Crippen LogP) is 6.63. The van der Waals surface area contributed by atoms with E-state index in [0.29, 0.717) is 34.8 Å². The van der Waals surface area contributed by atoms with Crippen molar-refractivity contribution in [2.75, 3.05) is 46.9 Å². The molecular formula is C41H44Cl2N6O4. The molecule has 276 valence electrons. The van der Waals surface area contributed by atoms with Crippen molar-refractivity contribution >= 4 is 35.0 Å². The number of carbonyl (C=O) groups is 2. The van der Waals surface area contributed by atoms with Gasteiger partial charge in [-0.3, -0.25) is 14.5 Å². The standard InChI is InChI=1S/C41H44Cl2N6O4/c1-23-15-33(46-39(52-3)31(23)18-48-19-41(20-48)21-49(22-41)24(2)50)29-9-5-7-27(37(29)42)28-8-6-10-30(38(28)43)34-16-25-11-13-32(36(25)40(47-34)53-4)44-17-26-12-14-35(51)45-26/h5-10,15-16,26,32,44H,11-14,17-22H2,1-4H3,(H,45,51). The number of aryl methyl sites for hydroxylation is 2. The maximum Gasteiger partial charge on any atom is 0.220 e. The van der Waals surface area contributed by atoms with Crippen molar-refractivity contribution in [1.29, 1.82) is 0 Å². The van der Waals surface area contributed by atoms with Gasteiger partial charge in [0.15, 0.2) is 0 Å². The first-order valence-corrected chi connectivity index (χ1v) is 19.0. The Bertz CT molecular complexity index is 2110. The van der Waals surface area contributed by atoms with Gasteiger partial charge in [-0.2, -0.15) is 0 Å². The fourth-order valence-corrected chi connectivity index (χ4v) is 9.34. The Morgan fingerprint density at radius 1 is 0.906 bits per heavy atom. The Labute approximate surface area is 320 Å². The summed E-state index contributed by atoms with van der Waals surface area (Å²) in [7, 11) is 3.31. The van der Waals surface area contributed by atoms with E-state index in [4.69, 9.17) is 42.6 Å². The van der Waals surface area contributed by atoms with E-state index in [2.05, 4.69) is 34.6 Å². The second-order valence-electron chi connectivity index (χ2n) is 15.1. The first-order valence-electron chi connectivity index (χ1n) is 18.3. The van der Waals surface area contributed by atoms with Crippen LogP contribution in [0.15, 0.2) is 48.5 Å². The molecule has 2 atom stereocenters. The number of benzene rings is 2. The van der Waals surface area contributed by atoms with Gasteiger partial charge in [0.1, 0.15) is 0 Å². The third-order valence-corrected chi connectivity index (χ3v) is 12.2. The van der Waals surface area contributed by atoms with Gasteiger partial charge in [0, 0.05) is 103 Å². The van der Waals surface area contributed by atoms with Crippen molar-refractivity contribution in [2.45, 2.75) is 58.2 Å². The summed E-state index contributed by atoms with van der Waals surface area (Å²) < 4.78 is 11.7. The molecule has 8 rings (SSSR count). The van der Waals surface area contributed by atoms with Crippen molar-refractivity contribution in [3.63, 3.8) is 0 Å². The fraction of sp³-hybridized carbons (Fsp3) is 0.415. The molecule has 2 aromatic carbocycles. The number of amides is 2. The Kier molecular flexibility index (Phi) is 9.60. The summed E-state index contributed by atoms with van der Waals surface area (Å²) in [6, 6.07) is 16.3. The molecule has 1 spiro atoms. The van der Waals surface area contributed by atoms with Crippen LogP contribution in [0.4, 0.5) is 0 Å². The number of nitrogens with one attached hydrogen (secondary N) is 2. The molecule has 2 aromatic heterocycles. The Morgan fingerprint density at radius 2 is 1.53 bits per heavy atom. The number of halogens is 2. The minimum absolute atomic E-state index is 0.0996.